The molecule has 0 aliphatic carbocycles. The molecule has 4 aromatic carbocycles. The van der Waals surface area contributed by atoms with Crippen molar-refractivity contribution in [3.05, 3.63) is 95.1 Å². The topological polar surface area (TPSA) is 0 Å². The first-order chi connectivity index (χ1) is 22.4. The molecule has 6 heteroatoms. The second-order valence-electron chi connectivity index (χ2n) is 18.9. The van der Waals surface area contributed by atoms with Crippen LogP contribution in [-0.2, 0) is 0 Å². The van der Waals surface area contributed by atoms with Crippen LogP contribution >= 0.6 is 15.8 Å². The summed E-state index contributed by atoms with van der Waals surface area (Å²) >= 11 is 0. The minimum atomic E-state index is -1.46. The number of rotatable bonds is 12. The van der Waals surface area contributed by atoms with Crippen molar-refractivity contribution in [2.24, 2.45) is 0 Å². The van der Waals surface area contributed by atoms with Crippen molar-refractivity contribution in [2.75, 3.05) is 12.3 Å². The summed E-state index contributed by atoms with van der Waals surface area (Å²) < 4.78 is 0. The van der Waals surface area contributed by atoms with E-state index in [1.165, 1.54) is 41.0 Å². The minimum Gasteiger partial charge on any atom is -0.0656 e. The van der Waals surface area contributed by atoms with Gasteiger partial charge in [0.2, 0.25) is 0 Å². The number of aryl methyl sites for hydroxylation is 4. The molecule has 0 bridgehead atoms. The van der Waals surface area contributed by atoms with Gasteiger partial charge in [-0.15, -0.1) is 0 Å². The predicted molar refractivity (Wildman–Crippen MR) is 243 cm³/mol. The van der Waals surface area contributed by atoms with Gasteiger partial charge in [-0.1, -0.05) is 194 Å². The zero-order valence-electron chi connectivity index (χ0n) is 33.9. The highest BCUT2D eigenvalue weighted by molar-refractivity contribution is 7.74. The predicted octanol–water partition coefficient (Wildman–Crippen LogP) is 9.06. The average Bonchev–Trinajstić information content (AvgIpc) is 2.94. The Morgan fingerprint density at radius 3 is 0.714 bits per heavy atom. The first kappa shape index (κ1) is 40.4. The van der Waals surface area contributed by atoms with Crippen molar-refractivity contribution in [1.29, 1.82) is 0 Å². The van der Waals surface area contributed by atoms with Gasteiger partial charge >= 0.3 is 0 Å². The number of hydrogen-bond acceptors (Lipinski definition) is 0. The van der Waals surface area contributed by atoms with E-state index in [1.807, 2.05) is 0 Å². The van der Waals surface area contributed by atoms with Gasteiger partial charge in [0, 0.05) is 0 Å². The molecule has 0 spiro atoms. The van der Waals surface area contributed by atoms with E-state index in [9.17, 15) is 0 Å². The lowest BCUT2D eigenvalue weighted by molar-refractivity contribution is 1.11. The summed E-state index contributed by atoms with van der Waals surface area (Å²) in [7, 11) is -6.77. The highest BCUT2D eigenvalue weighted by Crippen LogP contribution is 2.40. The van der Waals surface area contributed by atoms with Crippen LogP contribution in [-0.4, -0.2) is 44.6 Å². The summed E-state index contributed by atoms with van der Waals surface area (Å²) in [6.45, 7) is 39.3. The SMILES string of the molecule is Cc1cc(P(CCCP(c2cc(C)cc([Si](C)(C)C)c2)c2cc(C)cc([Si](C)(C)C)c2)c2cc(C)cc([Si](C)(C)C)c2)cc([Si](C)(C)C)c1. The zero-order chi connectivity index (χ0) is 36.7. The smallest absolute Gasteiger partial charge is 0.0656 e. The van der Waals surface area contributed by atoms with Gasteiger partial charge in [-0.25, -0.2) is 0 Å². The molecule has 4 rings (SSSR count). The van der Waals surface area contributed by atoms with Crippen molar-refractivity contribution in [2.45, 2.75) is 113 Å². The van der Waals surface area contributed by atoms with E-state index in [-0.39, 0.29) is 0 Å². The molecule has 0 heterocycles. The van der Waals surface area contributed by atoms with E-state index in [1.54, 1.807) is 42.0 Å². The van der Waals surface area contributed by atoms with Gasteiger partial charge < -0.3 is 0 Å². The Balaban J connectivity index is 1.84. The first-order valence-electron chi connectivity index (χ1n) is 18.5. The maximum absolute atomic E-state index is 2.63. The van der Waals surface area contributed by atoms with Gasteiger partial charge in [0.15, 0.2) is 0 Å². The van der Waals surface area contributed by atoms with Gasteiger partial charge in [-0.05, 0) is 83.5 Å². The van der Waals surface area contributed by atoms with Crippen molar-refractivity contribution in [1.82, 2.24) is 0 Å². The Hall–Kier alpha value is -1.39. The normalized spacial score (nSPS) is 13.1. The first-order valence-corrected chi connectivity index (χ1v) is 35.5. The van der Waals surface area contributed by atoms with Gasteiger partial charge in [-0.3, -0.25) is 0 Å². The molecule has 0 saturated heterocycles. The zero-order valence-corrected chi connectivity index (χ0v) is 39.7. The van der Waals surface area contributed by atoms with Crippen LogP contribution in [0, 0.1) is 27.7 Å². The minimum absolute atomic E-state index is 0.472. The maximum Gasteiger partial charge on any atom is 0.0776 e. The molecule has 0 atom stereocenters. The molecule has 0 radical (unpaired) electrons. The molecule has 0 amide bonds. The van der Waals surface area contributed by atoms with Gasteiger partial charge in [0.05, 0.1) is 32.3 Å². The van der Waals surface area contributed by atoms with Crippen molar-refractivity contribution in [3.8, 4) is 0 Å². The average molecular weight is 757 g/mol. The van der Waals surface area contributed by atoms with Crippen LogP contribution in [0.3, 0.4) is 0 Å². The summed E-state index contributed by atoms with van der Waals surface area (Å²) in [5, 5.41) is 12.8. The molecular formula is C43H66P2Si4. The fourth-order valence-electron chi connectivity index (χ4n) is 6.61. The van der Waals surface area contributed by atoms with Crippen LogP contribution in [0.15, 0.2) is 72.8 Å². The fraction of sp³-hybridized carbons (Fsp3) is 0.442. The van der Waals surface area contributed by atoms with Crippen LogP contribution in [0.2, 0.25) is 78.6 Å². The third-order valence-corrected chi connectivity index (χ3v) is 22.9. The lowest BCUT2D eigenvalue weighted by Gasteiger charge is -2.28. The van der Waals surface area contributed by atoms with E-state index in [0.717, 1.165) is 0 Å². The largest absolute Gasteiger partial charge is 0.0776 e. The molecule has 0 aromatic heterocycles. The second kappa shape index (κ2) is 15.3. The van der Waals surface area contributed by atoms with Gasteiger partial charge in [0.25, 0.3) is 0 Å². The molecule has 0 nitrogen and oxygen atoms in total. The quantitative estimate of drug-likeness (QED) is 0.100. The summed E-state index contributed by atoms with van der Waals surface area (Å²) in [6, 6.07) is 30.6. The van der Waals surface area contributed by atoms with Crippen LogP contribution in [0.25, 0.3) is 0 Å². The number of hydrogen-bond donors (Lipinski definition) is 0. The lowest BCUT2D eigenvalue weighted by Crippen LogP contribution is -2.41. The highest BCUT2D eigenvalue weighted by Gasteiger charge is 2.26. The molecule has 49 heavy (non-hydrogen) atoms. The van der Waals surface area contributed by atoms with Crippen LogP contribution < -0.4 is 42.0 Å². The van der Waals surface area contributed by atoms with Gasteiger partial charge in [0.1, 0.15) is 0 Å². The lowest BCUT2D eigenvalue weighted by atomic mass is 10.2. The van der Waals surface area contributed by atoms with Crippen LogP contribution in [0.5, 0.6) is 0 Å². The van der Waals surface area contributed by atoms with Crippen molar-refractivity contribution < 1.29 is 0 Å². The van der Waals surface area contributed by atoms with E-state index < -0.39 is 48.1 Å². The van der Waals surface area contributed by atoms with Crippen molar-refractivity contribution >= 4 is 90.1 Å². The van der Waals surface area contributed by atoms with E-state index in [4.69, 9.17) is 0 Å². The maximum atomic E-state index is 2.63. The second-order valence-corrected chi connectivity index (χ2v) is 43.9. The van der Waals surface area contributed by atoms with Crippen LogP contribution in [0.4, 0.5) is 0 Å². The van der Waals surface area contributed by atoms with E-state index >= 15 is 0 Å². The Morgan fingerprint density at radius 2 is 0.531 bits per heavy atom. The Labute approximate surface area is 308 Å². The van der Waals surface area contributed by atoms with Crippen molar-refractivity contribution in [3.63, 3.8) is 0 Å². The molecule has 0 unspecified atom stereocenters. The molecule has 0 saturated carbocycles. The Morgan fingerprint density at radius 1 is 0.327 bits per heavy atom. The molecule has 0 aliphatic rings. The monoisotopic (exact) mass is 756 g/mol. The number of benzene rings is 4. The van der Waals surface area contributed by atoms with Gasteiger partial charge in [-0.2, -0.15) is 0 Å². The van der Waals surface area contributed by atoms with Crippen LogP contribution in [0.1, 0.15) is 28.7 Å². The Kier molecular flexibility index (Phi) is 12.6. The summed E-state index contributed by atoms with van der Waals surface area (Å²) in [6.07, 6.45) is 3.74. The summed E-state index contributed by atoms with van der Waals surface area (Å²) in [5.74, 6) is 0. The van der Waals surface area contributed by atoms with E-state index in [0.29, 0.717) is 0 Å². The highest BCUT2D eigenvalue weighted by atomic mass is 31.1. The molecular weight excluding hydrogens is 691 g/mol. The third-order valence-electron chi connectivity index (χ3n) is 9.72. The standard InChI is InChI=1S/C43H66P2Si4/c1-32-20-36(28-40(24-32)46(5,6)7)44(37-21-33(2)25-41(29-37)47(8,9)10)18-17-19-45(38-22-34(3)26-42(30-38)48(11,12)13)39-23-35(4)27-43(31-39)49(14,15)16/h20-31H,17-19H2,1-16H3. The summed E-state index contributed by atoms with van der Waals surface area (Å²) in [4.78, 5) is 0. The van der Waals surface area contributed by atoms with E-state index in [2.05, 4.69) is 179 Å². The summed E-state index contributed by atoms with van der Waals surface area (Å²) in [5.41, 5.74) is 5.72. The third kappa shape index (κ3) is 10.8. The molecule has 0 N–H and O–H groups in total. The Bertz CT molecular complexity index is 1520. The fourth-order valence-corrected chi connectivity index (χ4v) is 17.5. The molecule has 264 valence electrons. The molecule has 4 aromatic rings. The molecule has 0 fully saturated rings. The molecule has 0 aliphatic heterocycles.